The van der Waals surface area contributed by atoms with Crippen LogP contribution in [-0.4, -0.2) is 17.1 Å². The fourth-order valence-corrected chi connectivity index (χ4v) is 3.89. The van der Waals surface area contributed by atoms with Crippen LogP contribution < -0.4 is 5.56 Å². The van der Waals surface area contributed by atoms with Gasteiger partial charge in [0.15, 0.2) is 0 Å². The topological polar surface area (TPSA) is 48.3 Å². The Morgan fingerprint density at radius 1 is 1.25 bits per heavy atom. The molecule has 0 N–H and O–H groups in total. The average molecular weight is 339 g/mol. The van der Waals surface area contributed by atoms with Gasteiger partial charge in [-0.2, -0.15) is 0 Å². The second kappa shape index (κ2) is 6.84. The lowest BCUT2D eigenvalue weighted by molar-refractivity contribution is 0.0533. The summed E-state index contributed by atoms with van der Waals surface area (Å²) in [5.41, 5.74) is 1.63. The third kappa shape index (κ3) is 2.78. The van der Waals surface area contributed by atoms with E-state index in [1.807, 2.05) is 30.3 Å². The average Bonchev–Trinajstić information content (AvgIpc) is 2.98. The highest BCUT2D eigenvalue weighted by Gasteiger charge is 2.22. The van der Waals surface area contributed by atoms with Gasteiger partial charge in [0, 0.05) is 23.6 Å². The van der Waals surface area contributed by atoms with Crippen molar-refractivity contribution in [3.63, 3.8) is 0 Å². The van der Waals surface area contributed by atoms with E-state index in [1.165, 1.54) is 17.4 Å². The molecule has 0 aliphatic carbocycles. The van der Waals surface area contributed by atoms with Crippen molar-refractivity contribution in [1.29, 1.82) is 0 Å². The number of carbonyl (C=O) groups excluding carboxylic acids is 1. The number of benzene rings is 1. The van der Waals surface area contributed by atoms with E-state index in [0.29, 0.717) is 18.0 Å². The van der Waals surface area contributed by atoms with Crippen LogP contribution >= 0.6 is 11.3 Å². The maximum Gasteiger partial charge on any atom is 0.349 e. The first kappa shape index (κ1) is 16.2. The minimum Gasteiger partial charge on any atom is -0.462 e. The van der Waals surface area contributed by atoms with E-state index in [-0.39, 0.29) is 11.5 Å². The molecule has 24 heavy (non-hydrogen) atoms. The van der Waals surface area contributed by atoms with Crippen molar-refractivity contribution in [3.05, 3.63) is 70.4 Å². The van der Waals surface area contributed by atoms with Gasteiger partial charge in [0.05, 0.1) is 6.61 Å². The lowest BCUT2D eigenvalue weighted by Crippen LogP contribution is -2.17. The first-order valence-electron chi connectivity index (χ1n) is 7.67. The summed E-state index contributed by atoms with van der Waals surface area (Å²) in [6.45, 7) is 6.19. The van der Waals surface area contributed by atoms with Crippen LogP contribution in [0.2, 0.25) is 0 Å². The van der Waals surface area contributed by atoms with E-state index >= 15 is 0 Å². The molecule has 1 aromatic carbocycles. The van der Waals surface area contributed by atoms with Gasteiger partial charge in [0.25, 0.3) is 5.56 Å². The number of pyridine rings is 1. The third-order valence-electron chi connectivity index (χ3n) is 3.66. The number of hydrogen-bond acceptors (Lipinski definition) is 4. The van der Waals surface area contributed by atoms with E-state index in [1.54, 1.807) is 23.6 Å². The van der Waals surface area contributed by atoms with Crippen molar-refractivity contribution in [2.45, 2.75) is 13.5 Å². The largest absolute Gasteiger partial charge is 0.462 e. The molecular formula is C19H17NO3S. The molecule has 122 valence electrons. The second-order valence-electron chi connectivity index (χ2n) is 5.18. The van der Waals surface area contributed by atoms with E-state index in [4.69, 9.17) is 4.74 Å². The van der Waals surface area contributed by atoms with Gasteiger partial charge < -0.3 is 4.74 Å². The Balaban J connectivity index is 2.36. The summed E-state index contributed by atoms with van der Waals surface area (Å²) in [5, 5.41) is 0.871. The predicted octanol–water partition coefficient (Wildman–Crippen LogP) is 4.09. The Kier molecular flexibility index (Phi) is 4.62. The number of hydrogen-bond donors (Lipinski definition) is 0. The van der Waals surface area contributed by atoms with Gasteiger partial charge in [0.1, 0.15) is 9.71 Å². The molecule has 0 saturated carbocycles. The number of thiophene rings is 1. The molecule has 0 saturated heterocycles. The molecule has 0 aliphatic rings. The van der Waals surface area contributed by atoms with Crippen molar-refractivity contribution >= 4 is 27.5 Å². The van der Waals surface area contributed by atoms with E-state index in [0.717, 1.165) is 21.3 Å². The Labute approximate surface area is 143 Å². The van der Waals surface area contributed by atoms with E-state index in [9.17, 15) is 9.59 Å². The van der Waals surface area contributed by atoms with Gasteiger partial charge in [-0.1, -0.05) is 36.4 Å². The highest BCUT2D eigenvalue weighted by molar-refractivity contribution is 7.21. The lowest BCUT2D eigenvalue weighted by atomic mass is 10.0. The molecule has 0 unspecified atom stereocenters. The maximum atomic E-state index is 12.4. The van der Waals surface area contributed by atoms with E-state index in [2.05, 4.69) is 6.58 Å². The molecule has 0 bridgehead atoms. The van der Waals surface area contributed by atoms with Crippen LogP contribution in [0.4, 0.5) is 0 Å². The molecule has 5 heteroatoms. The van der Waals surface area contributed by atoms with Gasteiger partial charge in [-0.25, -0.2) is 4.79 Å². The fraction of sp³-hybridized carbons (Fsp3) is 0.158. The summed E-state index contributed by atoms with van der Waals surface area (Å²) >= 11 is 1.29. The summed E-state index contributed by atoms with van der Waals surface area (Å²) in [7, 11) is 0. The van der Waals surface area contributed by atoms with Crippen molar-refractivity contribution in [3.8, 4) is 11.1 Å². The Hall–Kier alpha value is -2.66. The predicted molar refractivity (Wildman–Crippen MR) is 97.7 cm³/mol. The molecule has 0 fully saturated rings. The van der Waals surface area contributed by atoms with Crippen LogP contribution in [0.3, 0.4) is 0 Å². The van der Waals surface area contributed by atoms with Crippen LogP contribution in [0.5, 0.6) is 0 Å². The zero-order chi connectivity index (χ0) is 17.1. The van der Waals surface area contributed by atoms with Crippen LogP contribution in [0, 0.1) is 0 Å². The molecule has 0 radical (unpaired) electrons. The van der Waals surface area contributed by atoms with Gasteiger partial charge in [-0.05, 0) is 18.6 Å². The standard InChI is InChI=1S/C19H17NO3S/c1-3-12-20-15(21)11-10-14-16(13-8-6-5-7-9-13)17(24-18(14)20)19(22)23-4-2/h3,5-11H,1,4,12H2,2H3. The first-order valence-corrected chi connectivity index (χ1v) is 8.48. The summed E-state index contributed by atoms with van der Waals surface area (Å²) in [4.78, 5) is 25.9. The number of carbonyl (C=O) groups is 1. The number of aromatic nitrogens is 1. The van der Waals surface area contributed by atoms with Crippen molar-refractivity contribution < 1.29 is 9.53 Å². The fourth-order valence-electron chi connectivity index (χ4n) is 2.67. The summed E-state index contributed by atoms with van der Waals surface area (Å²) in [6.07, 6.45) is 1.67. The third-order valence-corrected chi connectivity index (χ3v) is 4.87. The molecule has 0 atom stereocenters. The highest BCUT2D eigenvalue weighted by atomic mass is 32.1. The van der Waals surface area contributed by atoms with Crippen molar-refractivity contribution in [2.24, 2.45) is 0 Å². The van der Waals surface area contributed by atoms with Crippen LogP contribution in [0.1, 0.15) is 16.6 Å². The maximum absolute atomic E-state index is 12.4. The minimum absolute atomic E-state index is 0.112. The highest BCUT2D eigenvalue weighted by Crippen LogP contribution is 2.38. The molecule has 3 rings (SSSR count). The number of fused-ring (bicyclic) bond motifs is 1. The second-order valence-corrected chi connectivity index (χ2v) is 6.18. The SMILES string of the molecule is C=CCn1c(=O)ccc2c(-c3ccccc3)c(C(=O)OCC)sc21. The van der Waals surface area contributed by atoms with Gasteiger partial charge in [0.2, 0.25) is 0 Å². The first-order chi connectivity index (χ1) is 11.7. The normalized spacial score (nSPS) is 10.7. The molecule has 2 heterocycles. The van der Waals surface area contributed by atoms with E-state index < -0.39 is 0 Å². The Bertz CT molecular complexity index is 954. The molecule has 0 amide bonds. The molecule has 3 aromatic rings. The summed E-state index contributed by atoms with van der Waals surface area (Å²) in [5.74, 6) is -0.366. The smallest absolute Gasteiger partial charge is 0.349 e. The minimum atomic E-state index is -0.366. The zero-order valence-corrected chi connectivity index (χ0v) is 14.1. The summed E-state index contributed by atoms with van der Waals surface area (Å²) < 4.78 is 6.84. The number of esters is 1. The Morgan fingerprint density at radius 2 is 2.00 bits per heavy atom. The van der Waals surface area contributed by atoms with Crippen molar-refractivity contribution in [1.82, 2.24) is 4.57 Å². The molecule has 2 aromatic heterocycles. The van der Waals surface area contributed by atoms with Crippen LogP contribution in [-0.2, 0) is 11.3 Å². The van der Waals surface area contributed by atoms with Crippen LogP contribution in [0.15, 0.2) is 59.9 Å². The summed E-state index contributed by atoms with van der Waals surface area (Å²) in [6, 6.07) is 13.0. The molecular weight excluding hydrogens is 322 g/mol. The monoisotopic (exact) mass is 339 g/mol. The van der Waals surface area contributed by atoms with Crippen molar-refractivity contribution in [2.75, 3.05) is 6.61 Å². The number of ether oxygens (including phenoxy) is 1. The number of rotatable bonds is 5. The molecule has 0 aliphatic heterocycles. The quantitative estimate of drug-likeness (QED) is 0.519. The zero-order valence-electron chi connectivity index (χ0n) is 13.3. The van der Waals surface area contributed by atoms with Crippen LogP contribution in [0.25, 0.3) is 21.3 Å². The van der Waals surface area contributed by atoms with Gasteiger partial charge in [-0.3, -0.25) is 9.36 Å². The lowest BCUT2D eigenvalue weighted by Gasteiger charge is -2.05. The number of nitrogens with zero attached hydrogens (tertiary/aromatic N) is 1. The van der Waals surface area contributed by atoms with Gasteiger partial charge in [-0.15, -0.1) is 17.9 Å². The molecule has 0 spiro atoms. The Morgan fingerprint density at radius 3 is 2.67 bits per heavy atom. The number of allylic oxidation sites excluding steroid dienone is 1. The van der Waals surface area contributed by atoms with Gasteiger partial charge >= 0.3 is 5.97 Å². The molecule has 4 nitrogen and oxygen atoms in total.